The summed E-state index contributed by atoms with van der Waals surface area (Å²) < 4.78 is 24.3. The molecule has 0 amide bonds. The highest BCUT2D eigenvalue weighted by Gasteiger charge is 2.40. The number of hydrogen-bond acceptors (Lipinski definition) is 2. The molecule has 12 heavy (non-hydrogen) atoms. The minimum Gasteiger partial charge on any atom is -0.208 e. The molecule has 1 unspecified atom stereocenters. The number of rotatable bonds is 5. The molecule has 0 aromatic rings. The molecule has 0 bridgehead atoms. The van der Waals surface area contributed by atoms with Gasteiger partial charge in [0.1, 0.15) is 0 Å². The Kier molecular flexibility index (Phi) is 4.94. The third-order valence-electron chi connectivity index (χ3n) is 1.68. The van der Waals surface area contributed by atoms with Crippen LogP contribution in [0.3, 0.4) is 0 Å². The van der Waals surface area contributed by atoms with Crippen molar-refractivity contribution in [2.24, 2.45) is 10.6 Å². The van der Waals surface area contributed by atoms with Crippen LogP contribution >= 0.6 is 23.2 Å². The minimum absolute atomic E-state index is 0.114. The first kappa shape index (κ1) is 12.0. The molecule has 0 aliphatic carbocycles. The average Bonchev–Trinajstić information content (AvgIpc) is 2.04. The second kappa shape index (κ2) is 4.92. The van der Waals surface area contributed by atoms with Gasteiger partial charge in [-0.2, -0.15) is 4.91 Å². The molecule has 6 heteroatoms. The summed E-state index contributed by atoms with van der Waals surface area (Å²) in [6, 6.07) is -1.63. The molecule has 72 valence electrons. The van der Waals surface area contributed by atoms with Crippen molar-refractivity contribution in [2.45, 2.75) is 19.4 Å². The molecule has 1 atom stereocenters. The van der Waals surface area contributed by atoms with Gasteiger partial charge in [-0.1, -0.05) is 12.1 Å². The average molecular weight is 220 g/mol. The fraction of sp³-hybridized carbons (Fsp3) is 1.00. The second-order valence-corrected chi connectivity index (χ2v) is 3.34. The van der Waals surface area contributed by atoms with Crippen LogP contribution < -0.4 is 0 Å². The van der Waals surface area contributed by atoms with E-state index in [0.29, 0.717) is 0 Å². The van der Waals surface area contributed by atoms with E-state index in [1.54, 1.807) is 0 Å². The smallest absolute Gasteiger partial charge is 0.208 e. The molecular formula is C6H9Cl2F2NO. The Morgan fingerprint density at radius 1 is 1.42 bits per heavy atom. The zero-order chi connectivity index (χ0) is 9.78. The summed E-state index contributed by atoms with van der Waals surface area (Å²) in [7, 11) is 0. The van der Waals surface area contributed by atoms with Gasteiger partial charge in [0, 0.05) is 17.2 Å². The van der Waals surface area contributed by atoms with Crippen LogP contribution in [-0.4, -0.2) is 24.2 Å². The van der Waals surface area contributed by atoms with Crippen molar-refractivity contribution in [3.63, 3.8) is 0 Å². The molecule has 0 aromatic heterocycles. The molecule has 0 aliphatic rings. The summed E-state index contributed by atoms with van der Waals surface area (Å²) in [5.74, 6) is -0.228. The molecule has 0 radical (unpaired) electrons. The maximum absolute atomic E-state index is 12.2. The fourth-order valence-corrected chi connectivity index (χ4v) is 1.27. The molecule has 0 rings (SSSR count). The fourth-order valence-electron chi connectivity index (χ4n) is 0.671. The van der Waals surface area contributed by atoms with Crippen molar-refractivity contribution >= 4 is 23.2 Å². The maximum Gasteiger partial charge on any atom is 0.264 e. The van der Waals surface area contributed by atoms with Gasteiger partial charge < -0.3 is 0 Å². The number of halogens is 4. The van der Waals surface area contributed by atoms with Crippen LogP contribution in [0.4, 0.5) is 8.78 Å². The molecule has 0 N–H and O–H groups in total. The topological polar surface area (TPSA) is 29.4 Å². The predicted octanol–water partition coefficient (Wildman–Crippen LogP) is 2.87. The third-order valence-corrected chi connectivity index (χ3v) is 2.90. The molecule has 0 saturated heterocycles. The Morgan fingerprint density at radius 2 is 1.83 bits per heavy atom. The van der Waals surface area contributed by atoms with Gasteiger partial charge in [-0.3, -0.25) is 0 Å². The first-order valence-corrected chi connectivity index (χ1v) is 4.31. The quantitative estimate of drug-likeness (QED) is 0.517. The molecule has 0 fully saturated rings. The SMILES string of the molecule is CC(CCl)(CCl)C(N=O)C(F)F. The lowest BCUT2D eigenvalue weighted by Gasteiger charge is -2.28. The molecule has 0 aromatic carbocycles. The second-order valence-electron chi connectivity index (χ2n) is 2.81. The van der Waals surface area contributed by atoms with E-state index < -0.39 is 17.9 Å². The van der Waals surface area contributed by atoms with Crippen molar-refractivity contribution in [1.29, 1.82) is 0 Å². The van der Waals surface area contributed by atoms with Gasteiger partial charge in [-0.15, -0.1) is 23.2 Å². The highest BCUT2D eigenvalue weighted by molar-refractivity contribution is 6.21. The van der Waals surface area contributed by atoms with Gasteiger partial charge in [0.15, 0.2) is 6.04 Å². The van der Waals surface area contributed by atoms with E-state index in [2.05, 4.69) is 5.18 Å². The van der Waals surface area contributed by atoms with Crippen LogP contribution in [0.15, 0.2) is 5.18 Å². The largest absolute Gasteiger partial charge is 0.264 e. The van der Waals surface area contributed by atoms with Crippen molar-refractivity contribution in [2.75, 3.05) is 11.8 Å². The van der Waals surface area contributed by atoms with Gasteiger partial charge in [0.25, 0.3) is 6.43 Å². The van der Waals surface area contributed by atoms with Gasteiger partial charge in [-0.05, 0) is 0 Å². The van der Waals surface area contributed by atoms with Gasteiger partial charge >= 0.3 is 0 Å². The Morgan fingerprint density at radius 3 is 1.92 bits per heavy atom. The number of alkyl halides is 4. The van der Waals surface area contributed by atoms with E-state index in [1.807, 2.05) is 0 Å². The number of nitrogens with zero attached hydrogens (tertiary/aromatic N) is 1. The summed E-state index contributed by atoms with van der Waals surface area (Å²) in [4.78, 5) is 10.1. The van der Waals surface area contributed by atoms with Crippen molar-refractivity contribution in [3.05, 3.63) is 4.91 Å². The zero-order valence-corrected chi connectivity index (χ0v) is 7.95. The first-order chi connectivity index (χ1) is 5.51. The van der Waals surface area contributed by atoms with Crippen LogP contribution in [0.2, 0.25) is 0 Å². The van der Waals surface area contributed by atoms with E-state index in [4.69, 9.17) is 23.2 Å². The monoisotopic (exact) mass is 219 g/mol. The molecular weight excluding hydrogens is 211 g/mol. The summed E-state index contributed by atoms with van der Waals surface area (Å²) in [5, 5.41) is 2.33. The summed E-state index contributed by atoms with van der Waals surface area (Å²) in [6.45, 7) is 1.41. The van der Waals surface area contributed by atoms with Crippen LogP contribution in [0, 0.1) is 10.3 Å². The van der Waals surface area contributed by atoms with Crippen LogP contribution in [0.5, 0.6) is 0 Å². The van der Waals surface area contributed by atoms with Crippen LogP contribution in [-0.2, 0) is 0 Å². The van der Waals surface area contributed by atoms with Crippen molar-refractivity contribution in [3.8, 4) is 0 Å². The molecule has 0 aliphatic heterocycles. The summed E-state index contributed by atoms with van der Waals surface area (Å²) >= 11 is 10.8. The Hall–Kier alpha value is 0.0400. The Bertz CT molecular complexity index is 152. The molecule has 0 saturated carbocycles. The van der Waals surface area contributed by atoms with Crippen LogP contribution in [0.1, 0.15) is 6.92 Å². The van der Waals surface area contributed by atoms with Crippen LogP contribution in [0.25, 0.3) is 0 Å². The maximum atomic E-state index is 12.2. The first-order valence-electron chi connectivity index (χ1n) is 3.24. The Balaban J connectivity index is 4.54. The highest BCUT2D eigenvalue weighted by atomic mass is 35.5. The molecule has 2 nitrogen and oxygen atoms in total. The molecule has 0 heterocycles. The number of nitroso groups, excluding NO2 is 1. The lowest BCUT2D eigenvalue weighted by atomic mass is 9.87. The number of hydrogen-bond donors (Lipinski definition) is 0. The zero-order valence-electron chi connectivity index (χ0n) is 6.44. The highest BCUT2D eigenvalue weighted by Crippen LogP contribution is 2.31. The lowest BCUT2D eigenvalue weighted by molar-refractivity contribution is 0.0688. The standard InChI is InChI=1S/C6H9Cl2F2NO/c1-6(2-7,3-8)4(11-12)5(9)10/h4-5H,2-3H2,1H3. The van der Waals surface area contributed by atoms with E-state index >= 15 is 0 Å². The van der Waals surface area contributed by atoms with E-state index in [-0.39, 0.29) is 11.8 Å². The van der Waals surface area contributed by atoms with E-state index in [0.717, 1.165) is 0 Å². The molecule has 0 spiro atoms. The van der Waals surface area contributed by atoms with E-state index in [1.165, 1.54) is 6.92 Å². The third kappa shape index (κ3) is 2.52. The van der Waals surface area contributed by atoms with Crippen molar-refractivity contribution in [1.82, 2.24) is 0 Å². The normalized spacial score (nSPS) is 14.8. The Labute approximate surface area is 79.2 Å². The lowest BCUT2D eigenvalue weighted by Crippen LogP contribution is -2.39. The summed E-state index contributed by atoms with van der Waals surface area (Å²) in [6.07, 6.45) is -2.81. The van der Waals surface area contributed by atoms with E-state index in [9.17, 15) is 13.7 Å². The van der Waals surface area contributed by atoms with Gasteiger partial charge in [0.05, 0.1) is 0 Å². The van der Waals surface area contributed by atoms with Crippen molar-refractivity contribution < 1.29 is 8.78 Å². The summed E-state index contributed by atoms with van der Waals surface area (Å²) in [5.41, 5.74) is -1.13. The van der Waals surface area contributed by atoms with Gasteiger partial charge in [-0.25, -0.2) is 8.78 Å². The minimum atomic E-state index is -2.81. The predicted molar refractivity (Wildman–Crippen MR) is 45.1 cm³/mol. The van der Waals surface area contributed by atoms with Gasteiger partial charge in [0.2, 0.25) is 0 Å².